The molecule has 0 spiro atoms. The van der Waals surface area contributed by atoms with E-state index in [0.717, 1.165) is 13.1 Å². The van der Waals surface area contributed by atoms with Crippen molar-refractivity contribution in [3.63, 3.8) is 0 Å². The molecule has 1 saturated heterocycles. The summed E-state index contributed by atoms with van der Waals surface area (Å²) in [7, 11) is 1.39. The van der Waals surface area contributed by atoms with Gasteiger partial charge >= 0.3 is 5.97 Å². The third kappa shape index (κ3) is 3.54. The van der Waals surface area contributed by atoms with Gasteiger partial charge in [0, 0.05) is 32.7 Å². The number of nitrogens with one attached hydrogen (secondary N) is 1. The summed E-state index contributed by atoms with van der Waals surface area (Å²) in [6, 6.07) is 0. The predicted molar refractivity (Wildman–Crippen MR) is 67.6 cm³/mol. The van der Waals surface area contributed by atoms with Crippen molar-refractivity contribution in [2.45, 2.75) is 6.42 Å². The second-order valence-electron chi connectivity index (χ2n) is 4.43. The number of aromatic amines is 1. The van der Waals surface area contributed by atoms with Gasteiger partial charge in [-0.1, -0.05) is 0 Å². The first-order valence-corrected chi connectivity index (χ1v) is 6.27. The van der Waals surface area contributed by atoms with E-state index in [1.165, 1.54) is 19.6 Å². The molecule has 2 rings (SSSR count). The second-order valence-corrected chi connectivity index (χ2v) is 4.43. The van der Waals surface area contributed by atoms with Gasteiger partial charge in [-0.3, -0.25) is 14.5 Å². The SMILES string of the molecule is COC(=O)CCN1CCN(C(=O)c2cnc[nH]2)CC1. The highest BCUT2D eigenvalue weighted by molar-refractivity contribution is 5.92. The van der Waals surface area contributed by atoms with E-state index in [0.29, 0.717) is 31.7 Å². The number of methoxy groups -OCH3 is 1. The Balaban J connectivity index is 1.76. The second kappa shape index (κ2) is 6.33. The minimum absolute atomic E-state index is 0.0230. The molecule has 1 N–H and O–H groups in total. The van der Waals surface area contributed by atoms with Crippen molar-refractivity contribution in [2.24, 2.45) is 0 Å². The Bertz CT molecular complexity index is 424. The van der Waals surface area contributed by atoms with Gasteiger partial charge in [0.15, 0.2) is 0 Å². The maximum absolute atomic E-state index is 12.0. The Morgan fingerprint density at radius 3 is 2.68 bits per heavy atom. The van der Waals surface area contributed by atoms with Crippen molar-refractivity contribution in [3.05, 3.63) is 18.2 Å². The van der Waals surface area contributed by atoms with Crippen LogP contribution in [0.5, 0.6) is 0 Å². The summed E-state index contributed by atoms with van der Waals surface area (Å²) in [5.41, 5.74) is 0.517. The van der Waals surface area contributed by atoms with Crippen molar-refractivity contribution in [1.82, 2.24) is 19.8 Å². The van der Waals surface area contributed by atoms with E-state index in [2.05, 4.69) is 19.6 Å². The zero-order valence-electron chi connectivity index (χ0n) is 11.0. The summed E-state index contributed by atoms with van der Waals surface area (Å²) in [6.07, 6.45) is 3.43. The average Bonchev–Trinajstić information content (AvgIpc) is 2.98. The van der Waals surface area contributed by atoms with Crippen molar-refractivity contribution in [3.8, 4) is 0 Å². The summed E-state index contributed by atoms with van der Waals surface area (Å²) >= 11 is 0. The molecule has 1 aromatic rings. The third-order valence-electron chi connectivity index (χ3n) is 3.25. The molecule has 0 bridgehead atoms. The molecule has 0 aromatic carbocycles. The van der Waals surface area contributed by atoms with Gasteiger partial charge in [-0.25, -0.2) is 4.98 Å². The molecule has 1 fully saturated rings. The number of piperazine rings is 1. The summed E-state index contributed by atoms with van der Waals surface area (Å²) in [5.74, 6) is -0.221. The van der Waals surface area contributed by atoms with Gasteiger partial charge in [-0.15, -0.1) is 0 Å². The first-order valence-electron chi connectivity index (χ1n) is 6.27. The van der Waals surface area contributed by atoms with Crippen LogP contribution < -0.4 is 0 Å². The van der Waals surface area contributed by atoms with E-state index in [4.69, 9.17) is 0 Å². The van der Waals surface area contributed by atoms with Crippen molar-refractivity contribution >= 4 is 11.9 Å². The lowest BCUT2D eigenvalue weighted by Crippen LogP contribution is -2.49. The van der Waals surface area contributed by atoms with E-state index in [1.807, 2.05) is 0 Å². The maximum atomic E-state index is 12.0. The largest absolute Gasteiger partial charge is 0.469 e. The number of rotatable bonds is 4. The molecule has 7 nitrogen and oxygen atoms in total. The molecule has 0 atom stereocenters. The number of hydrogen-bond acceptors (Lipinski definition) is 5. The molecule has 0 aliphatic carbocycles. The molecule has 1 aliphatic rings. The lowest BCUT2D eigenvalue weighted by molar-refractivity contribution is -0.141. The number of carbonyl (C=O) groups is 2. The molecular weight excluding hydrogens is 248 g/mol. The standard InChI is InChI=1S/C12H18N4O3/c1-19-11(17)2-3-15-4-6-16(7-5-15)12(18)10-8-13-9-14-10/h8-9H,2-7H2,1H3,(H,13,14). The number of imidazole rings is 1. The lowest BCUT2D eigenvalue weighted by atomic mass is 10.2. The van der Waals surface area contributed by atoms with E-state index in [-0.39, 0.29) is 11.9 Å². The first-order chi connectivity index (χ1) is 9.20. The van der Waals surface area contributed by atoms with Crippen LogP contribution in [-0.2, 0) is 9.53 Å². The highest BCUT2D eigenvalue weighted by Crippen LogP contribution is 2.07. The molecule has 0 unspecified atom stereocenters. The number of nitrogens with zero attached hydrogens (tertiary/aromatic N) is 3. The van der Waals surface area contributed by atoms with Crippen LogP contribution in [0.15, 0.2) is 12.5 Å². The fraction of sp³-hybridized carbons (Fsp3) is 0.583. The minimum atomic E-state index is -0.198. The predicted octanol–water partition coefficient (Wildman–Crippen LogP) is -0.269. The molecule has 1 aliphatic heterocycles. The van der Waals surface area contributed by atoms with Crippen LogP contribution >= 0.6 is 0 Å². The fourth-order valence-corrected chi connectivity index (χ4v) is 2.07. The van der Waals surface area contributed by atoms with E-state index in [9.17, 15) is 9.59 Å². The number of aromatic nitrogens is 2. The van der Waals surface area contributed by atoms with Gasteiger partial charge in [0.05, 0.1) is 26.1 Å². The minimum Gasteiger partial charge on any atom is -0.469 e. The first kappa shape index (κ1) is 13.5. The highest BCUT2D eigenvalue weighted by atomic mass is 16.5. The lowest BCUT2D eigenvalue weighted by Gasteiger charge is -2.34. The van der Waals surface area contributed by atoms with Crippen LogP contribution in [0.3, 0.4) is 0 Å². The molecule has 1 amide bonds. The highest BCUT2D eigenvalue weighted by Gasteiger charge is 2.22. The van der Waals surface area contributed by atoms with Gasteiger partial charge in [0.25, 0.3) is 5.91 Å². The van der Waals surface area contributed by atoms with Crippen LogP contribution in [0.4, 0.5) is 0 Å². The van der Waals surface area contributed by atoms with Gasteiger partial charge in [0.2, 0.25) is 0 Å². The number of esters is 1. The van der Waals surface area contributed by atoms with E-state index < -0.39 is 0 Å². The summed E-state index contributed by atoms with van der Waals surface area (Å²) in [5, 5.41) is 0. The number of hydrogen-bond donors (Lipinski definition) is 1. The zero-order valence-corrected chi connectivity index (χ0v) is 11.0. The normalized spacial score (nSPS) is 16.4. The zero-order chi connectivity index (χ0) is 13.7. The topological polar surface area (TPSA) is 78.5 Å². The number of carbonyl (C=O) groups excluding carboxylic acids is 2. The van der Waals surface area contributed by atoms with Crippen LogP contribution in [-0.4, -0.2) is 71.5 Å². The Labute approximate surface area is 111 Å². The molecular formula is C12H18N4O3. The molecule has 2 heterocycles. The van der Waals surface area contributed by atoms with Crippen LogP contribution in [0, 0.1) is 0 Å². The Kier molecular flexibility index (Phi) is 4.51. The van der Waals surface area contributed by atoms with E-state index in [1.54, 1.807) is 4.90 Å². The number of amides is 1. The average molecular weight is 266 g/mol. The van der Waals surface area contributed by atoms with Crippen LogP contribution in [0.25, 0.3) is 0 Å². The molecule has 19 heavy (non-hydrogen) atoms. The quantitative estimate of drug-likeness (QED) is 0.759. The Morgan fingerprint density at radius 1 is 1.37 bits per heavy atom. The summed E-state index contributed by atoms with van der Waals surface area (Å²) in [4.78, 5) is 33.7. The van der Waals surface area contributed by atoms with Crippen LogP contribution in [0.2, 0.25) is 0 Å². The smallest absolute Gasteiger partial charge is 0.306 e. The van der Waals surface area contributed by atoms with Gasteiger partial charge in [-0.05, 0) is 0 Å². The molecule has 7 heteroatoms. The number of H-pyrrole nitrogens is 1. The third-order valence-corrected chi connectivity index (χ3v) is 3.25. The van der Waals surface area contributed by atoms with Crippen LogP contribution in [0.1, 0.15) is 16.9 Å². The van der Waals surface area contributed by atoms with Crippen molar-refractivity contribution in [2.75, 3.05) is 39.8 Å². The number of ether oxygens (including phenoxy) is 1. The summed E-state index contributed by atoms with van der Waals surface area (Å²) in [6.45, 7) is 3.56. The van der Waals surface area contributed by atoms with Crippen molar-refractivity contribution in [1.29, 1.82) is 0 Å². The van der Waals surface area contributed by atoms with Gasteiger partial charge < -0.3 is 14.6 Å². The molecule has 0 radical (unpaired) electrons. The molecule has 0 saturated carbocycles. The fourth-order valence-electron chi connectivity index (χ4n) is 2.07. The summed E-state index contributed by atoms with van der Waals surface area (Å²) < 4.78 is 4.61. The Hall–Kier alpha value is -1.89. The van der Waals surface area contributed by atoms with Gasteiger partial charge in [0.1, 0.15) is 5.69 Å². The molecule has 1 aromatic heterocycles. The van der Waals surface area contributed by atoms with Gasteiger partial charge in [-0.2, -0.15) is 0 Å². The van der Waals surface area contributed by atoms with Crippen molar-refractivity contribution < 1.29 is 14.3 Å². The Morgan fingerprint density at radius 2 is 2.11 bits per heavy atom. The monoisotopic (exact) mass is 266 g/mol. The maximum Gasteiger partial charge on any atom is 0.306 e. The van der Waals surface area contributed by atoms with E-state index >= 15 is 0 Å². The molecule has 104 valence electrons.